The van der Waals surface area contributed by atoms with Gasteiger partial charge < -0.3 is 4.74 Å². The highest BCUT2D eigenvalue weighted by molar-refractivity contribution is 8.08. The summed E-state index contributed by atoms with van der Waals surface area (Å²) in [6.07, 6.45) is 3.30. The molecule has 18 heavy (non-hydrogen) atoms. The molecule has 3 rings (SSSR count). The molecular formula is C16H14OS. The van der Waals surface area contributed by atoms with Crippen LogP contribution in [0.5, 0.6) is 5.75 Å². The van der Waals surface area contributed by atoms with E-state index in [0.29, 0.717) is 0 Å². The maximum Gasteiger partial charge on any atom is 0.120 e. The van der Waals surface area contributed by atoms with Crippen molar-refractivity contribution in [2.24, 2.45) is 0 Å². The lowest BCUT2D eigenvalue weighted by atomic mass is 10.1. The Balaban J connectivity index is 1.93. The van der Waals surface area contributed by atoms with Crippen LogP contribution in [-0.4, -0.2) is 7.11 Å². The normalized spacial score (nSPS) is 13.7. The maximum absolute atomic E-state index is 5.29. The van der Waals surface area contributed by atoms with Crippen molar-refractivity contribution in [2.75, 3.05) is 7.11 Å². The van der Waals surface area contributed by atoms with Crippen molar-refractivity contribution in [2.45, 2.75) is 11.3 Å². The highest BCUT2D eigenvalue weighted by atomic mass is 32.2. The fourth-order valence-corrected chi connectivity index (χ4v) is 3.18. The molecule has 0 fully saturated rings. The Morgan fingerprint density at radius 3 is 2.67 bits per heavy atom. The molecule has 1 aliphatic heterocycles. The summed E-state index contributed by atoms with van der Waals surface area (Å²) in [7, 11) is 1.71. The molecule has 0 spiro atoms. The quantitative estimate of drug-likeness (QED) is 0.786. The topological polar surface area (TPSA) is 9.23 Å². The van der Waals surface area contributed by atoms with Gasteiger partial charge in [0.05, 0.1) is 7.11 Å². The van der Waals surface area contributed by atoms with Crippen LogP contribution < -0.4 is 4.74 Å². The number of rotatable bonds is 2. The van der Waals surface area contributed by atoms with Crippen LogP contribution >= 0.6 is 11.8 Å². The SMILES string of the molecule is COc1ccc2c(c1)SC(c1ccccc1)=CC2. The molecule has 0 aromatic heterocycles. The van der Waals surface area contributed by atoms with Gasteiger partial charge in [-0.2, -0.15) is 0 Å². The molecule has 2 aromatic carbocycles. The van der Waals surface area contributed by atoms with Crippen molar-refractivity contribution < 1.29 is 4.74 Å². The minimum absolute atomic E-state index is 0.926. The second-order valence-electron chi connectivity index (χ2n) is 4.21. The molecule has 1 heterocycles. The van der Waals surface area contributed by atoms with Gasteiger partial charge in [-0.3, -0.25) is 0 Å². The van der Waals surface area contributed by atoms with Crippen LogP contribution in [0.3, 0.4) is 0 Å². The average molecular weight is 254 g/mol. The van der Waals surface area contributed by atoms with Crippen LogP contribution in [0.4, 0.5) is 0 Å². The van der Waals surface area contributed by atoms with Gasteiger partial charge in [0.1, 0.15) is 5.75 Å². The van der Waals surface area contributed by atoms with E-state index in [-0.39, 0.29) is 0 Å². The molecule has 0 bridgehead atoms. The molecule has 0 saturated carbocycles. The van der Waals surface area contributed by atoms with Gasteiger partial charge in [-0.05, 0) is 29.7 Å². The molecule has 0 atom stereocenters. The number of thioether (sulfide) groups is 1. The third kappa shape index (κ3) is 2.16. The van der Waals surface area contributed by atoms with Crippen LogP contribution in [0.15, 0.2) is 59.5 Å². The van der Waals surface area contributed by atoms with E-state index in [9.17, 15) is 0 Å². The van der Waals surface area contributed by atoms with Gasteiger partial charge in [-0.15, -0.1) is 0 Å². The molecule has 1 aliphatic rings. The number of methoxy groups -OCH3 is 1. The van der Waals surface area contributed by atoms with Crippen LogP contribution in [0.2, 0.25) is 0 Å². The second-order valence-corrected chi connectivity index (χ2v) is 5.30. The molecule has 1 nitrogen and oxygen atoms in total. The van der Waals surface area contributed by atoms with Gasteiger partial charge in [-0.1, -0.05) is 54.2 Å². The third-order valence-corrected chi connectivity index (χ3v) is 4.28. The van der Waals surface area contributed by atoms with Gasteiger partial charge in [0, 0.05) is 9.80 Å². The first-order valence-electron chi connectivity index (χ1n) is 5.97. The smallest absolute Gasteiger partial charge is 0.120 e. The summed E-state index contributed by atoms with van der Waals surface area (Å²) >= 11 is 1.82. The summed E-state index contributed by atoms with van der Waals surface area (Å²) < 4.78 is 5.29. The predicted molar refractivity (Wildman–Crippen MR) is 77.0 cm³/mol. The summed E-state index contributed by atoms with van der Waals surface area (Å²) in [6, 6.07) is 16.8. The molecule has 0 radical (unpaired) electrons. The number of hydrogen-bond acceptors (Lipinski definition) is 2. The first kappa shape index (κ1) is 11.4. The summed E-state index contributed by atoms with van der Waals surface area (Å²) in [6.45, 7) is 0. The molecule has 0 amide bonds. The van der Waals surface area contributed by atoms with Crippen molar-refractivity contribution in [1.82, 2.24) is 0 Å². The molecule has 0 aliphatic carbocycles. The van der Waals surface area contributed by atoms with E-state index in [1.165, 1.54) is 20.9 Å². The highest BCUT2D eigenvalue weighted by Crippen LogP contribution is 2.41. The first-order chi connectivity index (χ1) is 8.86. The monoisotopic (exact) mass is 254 g/mol. The molecular weight excluding hydrogens is 240 g/mol. The summed E-state index contributed by atoms with van der Waals surface area (Å²) in [4.78, 5) is 2.63. The van der Waals surface area contributed by atoms with Gasteiger partial charge in [0.15, 0.2) is 0 Å². The number of ether oxygens (including phenoxy) is 1. The van der Waals surface area contributed by atoms with Crippen molar-refractivity contribution in [3.05, 3.63) is 65.7 Å². The summed E-state index contributed by atoms with van der Waals surface area (Å²) in [5.74, 6) is 0.926. The Kier molecular flexibility index (Phi) is 3.11. The highest BCUT2D eigenvalue weighted by Gasteiger charge is 2.13. The van der Waals surface area contributed by atoms with Gasteiger partial charge in [0.25, 0.3) is 0 Å². The zero-order valence-electron chi connectivity index (χ0n) is 10.2. The zero-order valence-corrected chi connectivity index (χ0v) is 11.0. The van der Waals surface area contributed by atoms with E-state index < -0.39 is 0 Å². The van der Waals surface area contributed by atoms with Crippen molar-refractivity contribution in [1.29, 1.82) is 0 Å². The molecule has 2 heteroatoms. The van der Waals surface area contributed by atoms with E-state index in [1.807, 2.05) is 17.8 Å². The van der Waals surface area contributed by atoms with E-state index in [2.05, 4.69) is 48.5 Å². The number of hydrogen-bond donors (Lipinski definition) is 0. The third-order valence-electron chi connectivity index (χ3n) is 3.06. The molecule has 0 unspecified atom stereocenters. The van der Waals surface area contributed by atoms with Crippen molar-refractivity contribution in [3.63, 3.8) is 0 Å². The average Bonchev–Trinajstić information content (AvgIpc) is 2.47. The largest absolute Gasteiger partial charge is 0.497 e. The number of fused-ring (bicyclic) bond motifs is 1. The molecule has 2 aromatic rings. The van der Waals surface area contributed by atoms with E-state index in [1.54, 1.807) is 7.11 Å². The predicted octanol–water partition coefficient (Wildman–Crippen LogP) is 4.38. The Bertz CT molecular complexity index is 587. The fourth-order valence-electron chi connectivity index (χ4n) is 2.07. The minimum Gasteiger partial charge on any atom is -0.497 e. The lowest BCUT2D eigenvalue weighted by molar-refractivity contribution is 0.413. The lowest BCUT2D eigenvalue weighted by Crippen LogP contribution is -1.95. The standard InChI is InChI=1S/C16H14OS/c1-17-14-9-7-13-8-10-15(18-16(13)11-14)12-5-3-2-4-6-12/h2-7,9-11H,8H2,1H3. The Hall–Kier alpha value is -1.67. The van der Waals surface area contributed by atoms with E-state index >= 15 is 0 Å². The van der Waals surface area contributed by atoms with Crippen LogP contribution in [-0.2, 0) is 6.42 Å². The zero-order chi connectivity index (χ0) is 12.4. The molecule has 0 N–H and O–H groups in total. The number of allylic oxidation sites excluding steroid dienone is 1. The fraction of sp³-hybridized carbons (Fsp3) is 0.125. The van der Waals surface area contributed by atoms with Gasteiger partial charge >= 0.3 is 0 Å². The summed E-state index contributed by atoms with van der Waals surface area (Å²) in [5, 5.41) is 0. The molecule has 90 valence electrons. The minimum atomic E-state index is 0.926. The Morgan fingerprint density at radius 2 is 1.89 bits per heavy atom. The second kappa shape index (κ2) is 4.91. The van der Waals surface area contributed by atoms with E-state index in [0.717, 1.165) is 12.2 Å². The summed E-state index contributed by atoms with van der Waals surface area (Å²) in [5.41, 5.74) is 2.66. The van der Waals surface area contributed by atoms with Gasteiger partial charge in [-0.25, -0.2) is 0 Å². The molecule has 0 saturated heterocycles. The first-order valence-corrected chi connectivity index (χ1v) is 6.79. The van der Waals surface area contributed by atoms with Crippen LogP contribution in [0.1, 0.15) is 11.1 Å². The van der Waals surface area contributed by atoms with Crippen LogP contribution in [0.25, 0.3) is 4.91 Å². The van der Waals surface area contributed by atoms with Gasteiger partial charge in [0.2, 0.25) is 0 Å². The van der Waals surface area contributed by atoms with Crippen molar-refractivity contribution >= 4 is 16.7 Å². The maximum atomic E-state index is 5.29. The van der Waals surface area contributed by atoms with Crippen molar-refractivity contribution in [3.8, 4) is 5.75 Å². The number of benzene rings is 2. The Labute approximate surface area is 111 Å². The lowest BCUT2D eigenvalue weighted by Gasteiger charge is -2.17. The van der Waals surface area contributed by atoms with E-state index in [4.69, 9.17) is 4.74 Å². The Morgan fingerprint density at radius 1 is 1.06 bits per heavy atom. The van der Waals surface area contributed by atoms with Crippen LogP contribution in [0, 0.1) is 0 Å².